The molecule has 1 N–H and O–H groups in total. The highest BCUT2D eigenvalue weighted by atomic mass is 32.2. The number of para-hydroxylation sites is 1. The molecule has 1 heterocycles. The van der Waals surface area contributed by atoms with Gasteiger partial charge in [-0.05, 0) is 23.6 Å². The van der Waals surface area contributed by atoms with Crippen molar-refractivity contribution in [2.75, 3.05) is 13.2 Å². The Bertz CT molecular complexity index is 746. The van der Waals surface area contributed by atoms with Gasteiger partial charge in [0, 0.05) is 0 Å². The maximum Gasteiger partial charge on any atom is 0.250 e. The Balaban J connectivity index is 1.79. The Morgan fingerprint density at radius 1 is 1.19 bits per heavy atom. The van der Waals surface area contributed by atoms with Gasteiger partial charge in [-0.25, -0.2) is 12.8 Å². The van der Waals surface area contributed by atoms with Gasteiger partial charge in [-0.2, -0.15) is 4.72 Å². The minimum atomic E-state index is -3.50. The number of thiophene rings is 1. The highest BCUT2D eigenvalue weighted by Gasteiger charge is 2.12. The molecule has 1 aromatic heterocycles. The Morgan fingerprint density at radius 3 is 2.71 bits per heavy atom. The van der Waals surface area contributed by atoms with E-state index in [0.29, 0.717) is 0 Å². The Labute approximate surface area is 126 Å². The normalized spacial score (nSPS) is 10.7. The molecule has 0 radical (unpaired) electrons. The second-order valence-electron chi connectivity index (χ2n) is 3.83. The van der Waals surface area contributed by atoms with Crippen molar-refractivity contribution in [3.8, 4) is 17.6 Å². The van der Waals surface area contributed by atoms with Crippen LogP contribution in [0.3, 0.4) is 0 Å². The van der Waals surface area contributed by atoms with E-state index in [9.17, 15) is 12.8 Å². The zero-order valence-electron chi connectivity index (χ0n) is 10.9. The topological polar surface area (TPSA) is 55.4 Å². The molecule has 0 bridgehead atoms. The van der Waals surface area contributed by atoms with Gasteiger partial charge in [0.1, 0.15) is 10.8 Å². The van der Waals surface area contributed by atoms with Crippen LogP contribution in [0, 0.1) is 17.7 Å². The van der Waals surface area contributed by atoms with Gasteiger partial charge in [-0.1, -0.05) is 30.0 Å². The molecule has 0 saturated heterocycles. The average molecular weight is 325 g/mol. The third kappa shape index (κ3) is 4.56. The van der Waals surface area contributed by atoms with Crippen molar-refractivity contribution < 1.29 is 17.5 Å². The molecule has 0 unspecified atom stereocenters. The summed E-state index contributed by atoms with van der Waals surface area (Å²) in [6.07, 6.45) is 0. The van der Waals surface area contributed by atoms with Gasteiger partial charge in [0.2, 0.25) is 0 Å². The first-order valence-electron chi connectivity index (χ1n) is 5.96. The van der Waals surface area contributed by atoms with Gasteiger partial charge < -0.3 is 4.74 Å². The van der Waals surface area contributed by atoms with Gasteiger partial charge in [0.05, 0.1) is 6.54 Å². The van der Waals surface area contributed by atoms with Crippen molar-refractivity contribution in [2.24, 2.45) is 0 Å². The van der Waals surface area contributed by atoms with E-state index < -0.39 is 15.8 Å². The zero-order chi connectivity index (χ0) is 15.1. The summed E-state index contributed by atoms with van der Waals surface area (Å²) in [5.41, 5.74) is 0. The summed E-state index contributed by atoms with van der Waals surface area (Å²) in [6, 6.07) is 9.18. The molecule has 4 nitrogen and oxygen atoms in total. The number of hydrogen-bond donors (Lipinski definition) is 1. The first kappa shape index (κ1) is 15.5. The van der Waals surface area contributed by atoms with Crippen LogP contribution in [0.1, 0.15) is 0 Å². The van der Waals surface area contributed by atoms with Gasteiger partial charge in [0.25, 0.3) is 10.0 Å². The second kappa shape index (κ2) is 7.22. The summed E-state index contributed by atoms with van der Waals surface area (Å²) in [5, 5.41) is 1.68. The minimum absolute atomic E-state index is 0.0122. The molecule has 0 aliphatic rings. The van der Waals surface area contributed by atoms with Gasteiger partial charge in [-0.3, -0.25) is 0 Å². The molecule has 0 aliphatic heterocycles. The molecule has 0 saturated carbocycles. The number of rotatable bonds is 5. The van der Waals surface area contributed by atoms with Crippen molar-refractivity contribution in [1.29, 1.82) is 0 Å². The monoisotopic (exact) mass is 325 g/mol. The fourth-order valence-electron chi connectivity index (χ4n) is 1.41. The van der Waals surface area contributed by atoms with Crippen LogP contribution in [0.15, 0.2) is 46.0 Å². The lowest BCUT2D eigenvalue weighted by atomic mass is 10.3. The molecular formula is C14H12FNO3S2. The van der Waals surface area contributed by atoms with Crippen LogP contribution in [0.25, 0.3) is 0 Å². The minimum Gasteiger partial charge on any atom is -0.478 e. The number of sulfonamides is 1. The lowest BCUT2D eigenvalue weighted by Gasteiger charge is -2.02. The Hall–Kier alpha value is -1.88. The molecular weight excluding hydrogens is 313 g/mol. The van der Waals surface area contributed by atoms with Crippen LogP contribution in [0.2, 0.25) is 0 Å². The SMILES string of the molecule is O=S(=O)(NCC#CCOc1ccccc1F)c1cccs1. The predicted molar refractivity (Wildman–Crippen MR) is 79.2 cm³/mol. The molecule has 1 aromatic carbocycles. The average Bonchev–Trinajstić information content (AvgIpc) is 2.99. The summed E-state index contributed by atoms with van der Waals surface area (Å²) in [6.45, 7) is -0.0392. The molecule has 110 valence electrons. The van der Waals surface area contributed by atoms with Crippen LogP contribution in [0.4, 0.5) is 4.39 Å². The standard InChI is InChI=1S/C14H12FNO3S2/c15-12-6-1-2-7-13(12)19-10-4-3-9-16-21(17,18)14-8-5-11-20-14/h1-2,5-8,11,16H,9-10H2. The second-order valence-corrected chi connectivity index (χ2v) is 6.77. The molecule has 0 atom stereocenters. The molecule has 0 amide bonds. The maximum absolute atomic E-state index is 13.2. The summed E-state index contributed by atoms with van der Waals surface area (Å²) in [4.78, 5) is 0. The summed E-state index contributed by atoms with van der Waals surface area (Å²) in [5.74, 6) is 4.88. The van der Waals surface area contributed by atoms with E-state index in [1.165, 1.54) is 18.2 Å². The highest BCUT2D eigenvalue weighted by Crippen LogP contribution is 2.15. The van der Waals surface area contributed by atoms with Gasteiger partial charge in [-0.15, -0.1) is 11.3 Å². The lowest BCUT2D eigenvalue weighted by molar-refractivity contribution is 0.348. The fourth-order valence-corrected chi connectivity index (χ4v) is 3.37. The van der Waals surface area contributed by atoms with Crippen LogP contribution in [0.5, 0.6) is 5.75 Å². The number of halogens is 1. The Kier molecular flexibility index (Phi) is 5.33. The largest absolute Gasteiger partial charge is 0.478 e. The summed E-state index contributed by atoms with van der Waals surface area (Å²) in [7, 11) is -3.50. The smallest absolute Gasteiger partial charge is 0.250 e. The maximum atomic E-state index is 13.2. The van der Waals surface area contributed by atoms with Crippen molar-refractivity contribution in [3.05, 3.63) is 47.6 Å². The first-order chi connectivity index (χ1) is 10.1. The van der Waals surface area contributed by atoms with E-state index in [1.54, 1.807) is 23.6 Å². The molecule has 0 aliphatic carbocycles. The van der Waals surface area contributed by atoms with Crippen molar-refractivity contribution in [3.63, 3.8) is 0 Å². The number of hydrogen-bond acceptors (Lipinski definition) is 4. The quantitative estimate of drug-likeness (QED) is 0.858. The van der Waals surface area contributed by atoms with Crippen LogP contribution in [-0.2, 0) is 10.0 Å². The van der Waals surface area contributed by atoms with E-state index in [1.807, 2.05) is 0 Å². The zero-order valence-corrected chi connectivity index (χ0v) is 12.5. The van der Waals surface area contributed by atoms with Crippen molar-refractivity contribution >= 4 is 21.4 Å². The Morgan fingerprint density at radius 2 is 2.00 bits per heavy atom. The molecule has 2 aromatic rings. The molecule has 2 rings (SSSR count). The van der Waals surface area contributed by atoms with E-state index in [0.717, 1.165) is 11.3 Å². The van der Waals surface area contributed by atoms with Crippen LogP contribution >= 0.6 is 11.3 Å². The molecule has 0 fully saturated rings. The highest BCUT2D eigenvalue weighted by molar-refractivity contribution is 7.91. The van der Waals surface area contributed by atoms with Crippen molar-refractivity contribution in [2.45, 2.75) is 4.21 Å². The van der Waals surface area contributed by atoms with E-state index in [2.05, 4.69) is 16.6 Å². The van der Waals surface area contributed by atoms with E-state index in [-0.39, 0.29) is 23.1 Å². The number of ether oxygens (including phenoxy) is 1. The van der Waals surface area contributed by atoms with Gasteiger partial charge >= 0.3 is 0 Å². The number of nitrogens with one attached hydrogen (secondary N) is 1. The molecule has 0 spiro atoms. The van der Waals surface area contributed by atoms with Crippen LogP contribution < -0.4 is 9.46 Å². The molecule has 21 heavy (non-hydrogen) atoms. The third-order valence-electron chi connectivity index (χ3n) is 2.37. The predicted octanol–water partition coefficient (Wildman–Crippen LogP) is 2.25. The van der Waals surface area contributed by atoms with Crippen molar-refractivity contribution in [1.82, 2.24) is 4.72 Å². The molecule has 7 heteroatoms. The van der Waals surface area contributed by atoms with E-state index in [4.69, 9.17) is 4.74 Å². The lowest BCUT2D eigenvalue weighted by Crippen LogP contribution is -2.23. The summed E-state index contributed by atoms with van der Waals surface area (Å²) >= 11 is 1.13. The fraction of sp³-hybridized carbons (Fsp3) is 0.143. The third-order valence-corrected chi connectivity index (χ3v) is 5.17. The van der Waals surface area contributed by atoms with Gasteiger partial charge in [0.15, 0.2) is 11.6 Å². The van der Waals surface area contributed by atoms with E-state index >= 15 is 0 Å². The number of benzene rings is 1. The first-order valence-corrected chi connectivity index (χ1v) is 8.32. The summed E-state index contributed by atoms with van der Waals surface area (Å²) < 4.78 is 44.4. The van der Waals surface area contributed by atoms with Crippen LogP contribution in [-0.4, -0.2) is 21.6 Å².